The van der Waals surface area contributed by atoms with Crippen LogP contribution in [0.15, 0.2) is 24.3 Å². The average molecular weight is 260 g/mol. The predicted octanol–water partition coefficient (Wildman–Crippen LogP) is 1.21. The highest BCUT2D eigenvalue weighted by molar-refractivity contribution is 5.85. The molecule has 0 radical (unpaired) electrons. The molecule has 1 aromatic carbocycles. The summed E-state index contributed by atoms with van der Waals surface area (Å²) in [5, 5.41) is 9.48. The molecule has 0 heterocycles. The fourth-order valence-corrected chi connectivity index (χ4v) is 1.39. The van der Waals surface area contributed by atoms with Gasteiger partial charge in [-0.25, -0.2) is 0 Å². The smallest absolute Gasteiger partial charge is 0.305 e. The van der Waals surface area contributed by atoms with Gasteiger partial charge in [-0.2, -0.15) is 0 Å². The summed E-state index contributed by atoms with van der Waals surface area (Å²) in [7, 11) is 1.38. The molecule has 1 atom stereocenters. The first-order valence-corrected chi connectivity index (χ1v) is 5.21. The Morgan fingerprint density at radius 3 is 2.47 bits per heavy atom. The van der Waals surface area contributed by atoms with Gasteiger partial charge in [-0.15, -0.1) is 12.4 Å². The highest BCUT2D eigenvalue weighted by Gasteiger charge is 2.05. The maximum absolute atomic E-state index is 10.9. The molecule has 17 heavy (non-hydrogen) atoms. The Morgan fingerprint density at radius 1 is 1.41 bits per heavy atom. The largest absolute Gasteiger partial charge is 0.469 e. The first-order chi connectivity index (χ1) is 7.67. The van der Waals surface area contributed by atoms with Crippen LogP contribution in [0.25, 0.3) is 0 Å². The summed E-state index contributed by atoms with van der Waals surface area (Å²) < 4.78 is 4.56. The maximum atomic E-state index is 10.9. The van der Waals surface area contributed by atoms with Crippen molar-refractivity contribution >= 4 is 18.4 Å². The number of halogens is 1. The first kappa shape index (κ1) is 15.9. The summed E-state index contributed by atoms with van der Waals surface area (Å²) in [5.74, 6) is -0.217. The number of aliphatic hydroxyl groups is 1. The third kappa shape index (κ3) is 5.17. The number of aliphatic hydroxyl groups excluding tert-OH is 1. The summed E-state index contributed by atoms with van der Waals surface area (Å²) in [6, 6.07) is 7.42. The van der Waals surface area contributed by atoms with Crippen molar-refractivity contribution in [2.45, 2.75) is 18.9 Å². The highest BCUT2D eigenvalue weighted by atomic mass is 35.5. The molecular formula is C12H18ClNO3. The number of methoxy groups -OCH3 is 1. The quantitative estimate of drug-likeness (QED) is 0.780. The molecule has 1 aromatic rings. The van der Waals surface area contributed by atoms with E-state index >= 15 is 0 Å². The standard InChI is InChI=1S/C12H17NO3.ClH/c1-16-12(15)7-4-9-2-5-10(6-3-9)11(14)8-13;/h2-3,5-6,11,14H,4,7-8,13H2,1H3;1H. The van der Waals surface area contributed by atoms with Crippen LogP contribution in [0.1, 0.15) is 23.7 Å². The molecule has 3 N–H and O–H groups in total. The van der Waals surface area contributed by atoms with Crippen LogP contribution in [0.4, 0.5) is 0 Å². The second-order valence-electron chi connectivity index (χ2n) is 3.57. The molecule has 0 saturated carbocycles. The summed E-state index contributed by atoms with van der Waals surface area (Å²) in [6.45, 7) is 0.210. The Balaban J connectivity index is 0.00000256. The Bertz CT molecular complexity index is 340. The number of hydrogen-bond acceptors (Lipinski definition) is 4. The van der Waals surface area contributed by atoms with Gasteiger partial charge < -0.3 is 15.6 Å². The summed E-state index contributed by atoms with van der Waals surface area (Å²) in [4.78, 5) is 10.9. The van der Waals surface area contributed by atoms with E-state index in [1.807, 2.05) is 24.3 Å². The molecule has 0 aromatic heterocycles. The predicted molar refractivity (Wildman–Crippen MR) is 68.0 cm³/mol. The van der Waals surface area contributed by atoms with Gasteiger partial charge in [0.25, 0.3) is 0 Å². The van der Waals surface area contributed by atoms with Crippen molar-refractivity contribution in [3.05, 3.63) is 35.4 Å². The van der Waals surface area contributed by atoms with Crippen LogP contribution in [0, 0.1) is 0 Å². The van der Waals surface area contributed by atoms with Gasteiger partial charge in [0.15, 0.2) is 0 Å². The Hall–Kier alpha value is -1.10. The van der Waals surface area contributed by atoms with Crippen LogP contribution in [0.2, 0.25) is 0 Å². The fraction of sp³-hybridized carbons (Fsp3) is 0.417. The van der Waals surface area contributed by atoms with E-state index in [9.17, 15) is 9.90 Å². The molecule has 0 aliphatic rings. The second kappa shape index (κ2) is 8.06. The number of ether oxygens (including phenoxy) is 1. The monoisotopic (exact) mass is 259 g/mol. The van der Waals surface area contributed by atoms with Crippen molar-refractivity contribution < 1.29 is 14.6 Å². The normalized spacial score (nSPS) is 11.5. The minimum Gasteiger partial charge on any atom is -0.469 e. The van der Waals surface area contributed by atoms with Crippen molar-refractivity contribution in [3.63, 3.8) is 0 Å². The zero-order valence-electron chi connectivity index (χ0n) is 9.76. The number of nitrogens with two attached hydrogens (primary N) is 1. The molecule has 4 nitrogen and oxygen atoms in total. The van der Waals surface area contributed by atoms with Gasteiger partial charge in [0.1, 0.15) is 0 Å². The van der Waals surface area contributed by atoms with Crippen LogP contribution in [-0.2, 0) is 16.0 Å². The summed E-state index contributed by atoms with van der Waals surface area (Å²) >= 11 is 0. The number of benzene rings is 1. The molecular weight excluding hydrogens is 242 g/mol. The van der Waals surface area contributed by atoms with Gasteiger partial charge in [-0.05, 0) is 17.5 Å². The van der Waals surface area contributed by atoms with Crippen LogP contribution in [-0.4, -0.2) is 24.7 Å². The van der Waals surface area contributed by atoms with Crippen LogP contribution in [0.5, 0.6) is 0 Å². The summed E-state index contributed by atoms with van der Waals surface area (Å²) in [6.07, 6.45) is 0.399. The number of aryl methyl sites for hydroxylation is 1. The molecule has 0 fully saturated rings. The minimum absolute atomic E-state index is 0. The van der Waals surface area contributed by atoms with Crippen molar-refractivity contribution in [2.75, 3.05) is 13.7 Å². The van der Waals surface area contributed by atoms with Crippen LogP contribution >= 0.6 is 12.4 Å². The van der Waals surface area contributed by atoms with E-state index < -0.39 is 6.10 Å². The topological polar surface area (TPSA) is 72.5 Å². The molecule has 0 saturated heterocycles. The molecule has 0 bridgehead atoms. The first-order valence-electron chi connectivity index (χ1n) is 5.21. The zero-order valence-corrected chi connectivity index (χ0v) is 10.6. The Morgan fingerprint density at radius 2 is 2.00 bits per heavy atom. The van der Waals surface area contributed by atoms with Gasteiger partial charge in [0.2, 0.25) is 0 Å². The summed E-state index contributed by atoms with van der Waals surface area (Å²) in [5.41, 5.74) is 7.18. The third-order valence-electron chi connectivity index (χ3n) is 2.43. The fourth-order valence-electron chi connectivity index (χ4n) is 1.39. The van der Waals surface area contributed by atoms with E-state index in [0.717, 1.165) is 11.1 Å². The van der Waals surface area contributed by atoms with Crippen LogP contribution < -0.4 is 5.73 Å². The SMILES string of the molecule is COC(=O)CCc1ccc(C(O)CN)cc1.Cl. The van der Waals surface area contributed by atoms with E-state index in [0.29, 0.717) is 12.8 Å². The van der Waals surface area contributed by atoms with E-state index in [-0.39, 0.29) is 24.9 Å². The second-order valence-corrected chi connectivity index (χ2v) is 3.57. The third-order valence-corrected chi connectivity index (χ3v) is 2.43. The van der Waals surface area contributed by atoms with Crippen molar-refractivity contribution in [1.82, 2.24) is 0 Å². The number of carbonyl (C=O) groups excluding carboxylic acids is 1. The molecule has 5 heteroatoms. The Kier molecular flexibility index (Phi) is 7.54. The maximum Gasteiger partial charge on any atom is 0.305 e. The number of esters is 1. The van der Waals surface area contributed by atoms with Gasteiger partial charge in [-0.1, -0.05) is 24.3 Å². The molecule has 1 unspecified atom stereocenters. The molecule has 96 valence electrons. The average Bonchev–Trinajstić information content (AvgIpc) is 2.35. The Labute approximate surface area is 107 Å². The molecule has 0 spiro atoms. The zero-order chi connectivity index (χ0) is 12.0. The van der Waals surface area contributed by atoms with Gasteiger partial charge in [0, 0.05) is 13.0 Å². The number of carbonyl (C=O) groups is 1. The number of hydrogen-bond donors (Lipinski definition) is 2. The van der Waals surface area contributed by atoms with Crippen LogP contribution in [0.3, 0.4) is 0 Å². The van der Waals surface area contributed by atoms with Crippen molar-refractivity contribution in [2.24, 2.45) is 5.73 Å². The highest BCUT2D eigenvalue weighted by Crippen LogP contribution is 2.13. The molecule has 1 rings (SSSR count). The van der Waals surface area contributed by atoms with Gasteiger partial charge in [-0.3, -0.25) is 4.79 Å². The lowest BCUT2D eigenvalue weighted by Gasteiger charge is -2.08. The van der Waals surface area contributed by atoms with E-state index in [1.165, 1.54) is 7.11 Å². The van der Waals surface area contributed by atoms with Crippen molar-refractivity contribution in [1.29, 1.82) is 0 Å². The lowest BCUT2D eigenvalue weighted by molar-refractivity contribution is -0.140. The van der Waals surface area contributed by atoms with E-state index in [4.69, 9.17) is 5.73 Å². The van der Waals surface area contributed by atoms with Gasteiger partial charge in [0.05, 0.1) is 13.2 Å². The lowest BCUT2D eigenvalue weighted by Crippen LogP contribution is -2.11. The molecule has 0 aliphatic heterocycles. The minimum atomic E-state index is -0.616. The number of rotatable bonds is 5. The van der Waals surface area contributed by atoms with Gasteiger partial charge >= 0.3 is 5.97 Å². The van der Waals surface area contributed by atoms with E-state index in [1.54, 1.807) is 0 Å². The lowest BCUT2D eigenvalue weighted by atomic mass is 10.0. The molecule has 0 aliphatic carbocycles. The molecule has 0 amide bonds. The van der Waals surface area contributed by atoms with E-state index in [2.05, 4.69) is 4.74 Å². The van der Waals surface area contributed by atoms with Crippen molar-refractivity contribution in [3.8, 4) is 0 Å².